The lowest BCUT2D eigenvalue weighted by atomic mass is 9.95. The number of esters is 1. The molecule has 0 fully saturated rings. The van der Waals surface area contributed by atoms with Crippen molar-refractivity contribution in [3.63, 3.8) is 0 Å². The monoisotopic (exact) mass is 394 g/mol. The molecule has 0 aliphatic heterocycles. The van der Waals surface area contributed by atoms with Crippen LogP contribution in [0, 0.1) is 5.82 Å². The Bertz CT molecular complexity index is 751. The first-order valence-corrected chi connectivity index (χ1v) is 8.64. The summed E-state index contributed by atoms with van der Waals surface area (Å²) < 4.78 is 24.3. The molecule has 3 nitrogen and oxygen atoms in total. The Labute approximate surface area is 149 Å². The zero-order valence-electron chi connectivity index (χ0n) is 14.2. The molecule has 0 aliphatic rings. The van der Waals surface area contributed by atoms with Crippen LogP contribution in [0.25, 0.3) is 11.1 Å². The Balaban J connectivity index is 2.65. The summed E-state index contributed by atoms with van der Waals surface area (Å²) in [6.45, 7) is 5.46. The zero-order valence-corrected chi connectivity index (χ0v) is 15.7. The van der Waals surface area contributed by atoms with Crippen LogP contribution in [0.1, 0.15) is 36.7 Å². The van der Waals surface area contributed by atoms with E-state index in [1.165, 1.54) is 19.2 Å². The summed E-state index contributed by atoms with van der Waals surface area (Å²) >= 11 is 3.41. The molecule has 2 aromatic rings. The van der Waals surface area contributed by atoms with Crippen molar-refractivity contribution >= 4 is 21.9 Å². The van der Waals surface area contributed by atoms with Crippen molar-refractivity contribution in [2.75, 3.05) is 7.11 Å². The van der Waals surface area contributed by atoms with E-state index in [0.717, 1.165) is 5.56 Å². The van der Waals surface area contributed by atoms with Crippen LogP contribution in [-0.2, 0) is 10.1 Å². The van der Waals surface area contributed by atoms with Gasteiger partial charge in [-0.2, -0.15) is 0 Å². The third kappa shape index (κ3) is 4.15. The maximum absolute atomic E-state index is 13.5. The fourth-order valence-electron chi connectivity index (χ4n) is 2.39. The van der Waals surface area contributed by atoms with Gasteiger partial charge >= 0.3 is 5.97 Å². The van der Waals surface area contributed by atoms with Gasteiger partial charge in [0, 0.05) is 22.5 Å². The van der Waals surface area contributed by atoms with E-state index in [-0.39, 0.29) is 0 Å². The van der Waals surface area contributed by atoms with Gasteiger partial charge in [0.05, 0.1) is 12.7 Å². The van der Waals surface area contributed by atoms with Gasteiger partial charge < -0.3 is 9.47 Å². The minimum absolute atomic E-state index is 0.367. The van der Waals surface area contributed by atoms with Crippen molar-refractivity contribution in [2.24, 2.45) is 0 Å². The predicted octanol–water partition coefficient (Wildman–Crippen LogP) is 5.35. The number of alkyl halides is 1. The van der Waals surface area contributed by atoms with Crippen LogP contribution in [0.2, 0.25) is 0 Å². The van der Waals surface area contributed by atoms with E-state index >= 15 is 0 Å². The lowest BCUT2D eigenvalue weighted by Gasteiger charge is -2.22. The van der Waals surface area contributed by atoms with E-state index in [2.05, 4.69) is 15.9 Å². The van der Waals surface area contributed by atoms with Gasteiger partial charge in [0.25, 0.3) is 0 Å². The Morgan fingerprint density at radius 2 is 1.88 bits per heavy atom. The first-order chi connectivity index (χ1) is 11.3. The lowest BCUT2D eigenvalue weighted by molar-refractivity contribution is 0.00696. The molecule has 0 aromatic heterocycles. The summed E-state index contributed by atoms with van der Waals surface area (Å²) in [4.78, 5) is 12.7. The highest BCUT2D eigenvalue weighted by Crippen LogP contribution is 2.35. The summed E-state index contributed by atoms with van der Waals surface area (Å²) in [5.74, 6) is -0.448. The highest BCUT2D eigenvalue weighted by atomic mass is 79.9. The Morgan fingerprint density at radius 1 is 1.17 bits per heavy atom. The number of carbonyl (C=O) groups excluding carboxylic acids is 1. The highest BCUT2D eigenvalue weighted by Gasteiger charge is 2.24. The molecule has 5 heteroatoms. The second kappa shape index (κ2) is 7.34. The summed E-state index contributed by atoms with van der Waals surface area (Å²) in [6, 6.07) is 9.76. The molecule has 128 valence electrons. The minimum atomic E-state index is -0.610. The maximum atomic E-state index is 13.5. The maximum Gasteiger partial charge on any atom is 0.339 e. The minimum Gasteiger partial charge on any atom is -0.496 e. The van der Waals surface area contributed by atoms with Crippen molar-refractivity contribution in [1.29, 1.82) is 0 Å². The van der Waals surface area contributed by atoms with Crippen molar-refractivity contribution in [3.8, 4) is 16.9 Å². The van der Waals surface area contributed by atoms with Crippen LogP contribution in [-0.4, -0.2) is 18.7 Å². The van der Waals surface area contributed by atoms with E-state index in [0.29, 0.717) is 27.8 Å². The van der Waals surface area contributed by atoms with Crippen molar-refractivity contribution < 1.29 is 18.7 Å². The molecule has 0 amide bonds. The van der Waals surface area contributed by atoms with Crippen LogP contribution in [0.15, 0.2) is 36.4 Å². The molecule has 0 unspecified atom stereocenters. The van der Waals surface area contributed by atoms with E-state index in [9.17, 15) is 9.18 Å². The van der Waals surface area contributed by atoms with Gasteiger partial charge in [-0.25, -0.2) is 9.18 Å². The normalized spacial score (nSPS) is 11.2. The van der Waals surface area contributed by atoms with Crippen LogP contribution in [0.3, 0.4) is 0 Å². The Kier molecular flexibility index (Phi) is 5.65. The van der Waals surface area contributed by atoms with Crippen LogP contribution in [0.5, 0.6) is 5.75 Å². The van der Waals surface area contributed by atoms with Gasteiger partial charge in [0.2, 0.25) is 0 Å². The molecule has 2 aromatic carbocycles. The number of carbonyl (C=O) groups is 1. The SMILES string of the molecule is COc1cc(F)ccc1-c1cccc(CBr)c1C(=O)OC(C)(C)C. The van der Waals surface area contributed by atoms with Crippen LogP contribution < -0.4 is 4.74 Å². The topological polar surface area (TPSA) is 35.5 Å². The first kappa shape index (κ1) is 18.5. The molecule has 0 bridgehead atoms. The standard InChI is InChI=1S/C19H20BrFO3/c1-19(2,3)24-18(22)17-12(11-20)6-5-7-15(17)14-9-8-13(21)10-16(14)23-4/h5-10H,11H2,1-4H3. The van der Waals surface area contributed by atoms with E-state index < -0.39 is 17.4 Å². The average molecular weight is 395 g/mol. The number of methoxy groups -OCH3 is 1. The molecule has 0 spiro atoms. The summed E-state index contributed by atoms with van der Waals surface area (Å²) in [5, 5.41) is 0.499. The quantitative estimate of drug-likeness (QED) is 0.517. The molecular formula is C19H20BrFO3. The van der Waals surface area contributed by atoms with E-state index in [1.807, 2.05) is 32.9 Å². The number of hydrogen-bond acceptors (Lipinski definition) is 3. The lowest BCUT2D eigenvalue weighted by Crippen LogP contribution is -2.25. The predicted molar refractivity (Wildman–Crippen MR) is 96.2 cm³/mol. The van der Waals surface area contributed by atoms with E-state index in [1.54, 1.807) is 12.1 Å². The molecule has 0 saturated carbocycles. The van der Waals surface area contributed by atoms with Crippen molar-refractivity contribution in [1.82, 2.24) is 0 Å². The molecule has 0 aliphatic carbocycles. The summed E-state index contributed by atoms with van der Waals surface area (Å²) in [5.41, 5.74) is 1.93. The Hall–Kier alpha value is -1.88. The number of rotatable bonds is 4. The number of halogens is 2. The Morgan fingerprint density at radius 3 is 2.46 bits per heavy atom. The zero-order chi connectivity index (χ0) is 17.9. The molecule has 0 radical (unpaired) electrons. The molecular weight excluding hydrogens is 375 g/mol. The van der Waals surface area contributed by atoms with Gasteiger partial charge in [-0.1, -0.05) is 34.1 Å². The van der Waals surface area contributed by atoms with Gasteiger partial charge in [0.15, 0.2) is 0 Å². The van der Waals surface area contributed by atoms with Crippen molar-refractivity contribution in [3.05, 3.63) is 53.3 Å². The number of ether oxygens (including phenoxy) is 2. The molecule has 24 heavy (non-hydrogen) atoms. The van der Waals surface area contributed by atoms with Gasteiger partial charge in [-0.3, -0.25) is 0 Å². The number of hydrogen-bond donors (Lipinski definition) is 0. The molecule has 2 rings (SSSR count). The average Bonchev–Trinajstić information content (AvgIpc) is 2.52. The third-order valence-corrected chi connectivity index (χ3v) is 3.96. The molecule has 0 atom stereocenters. The first-order valence-electron chi connectivity index (χ1n) is 7.52. The fraction of sp³-hybridized carbons (Fsp3) is 0.316. The summed E-state index contributed by atoms with van der Waals surface area (Å²) in [7, 11) is 1.47. The smallest absolute Gasteiger partial charge is 0.339 e. The van der Waals surface area contributed by atoms with Crippen LogP contribution in [0.4, 0.5) is 4.39 Å². The molecule has 0 saturated heterocycles. The highest BCUT2D eigenvalue weighted by molar-refractivity contribution is 9.08. The van der Waals surface area contributed by atoms with Crippen LogP contribution >= 0.6 is 15.9 Å². The fourth-order valence-corrected chi connectivity index (χ4v) is 2.86. The van der Waals surface area contributed by atoms with Gasteiger partial charge in [-0.05, 0) is 38.5 Å². The van der Waals surface area contributed by atoms with Gasteiger partial charge in [0.1, 0.15) is 17.2 Å². The second-order valence-electron chi connectivity index (χ2n) is 6.32. The molecule has 0 N–H and O–H groups in total. The second-order valence-corrected chi connectivity index (χ2v) is 6.88. The number of benzene rings is 2. The third-order valence-electron chi connectivity index (χ3n) is 3.35. The largest absolute Gasteiger partial charge is 0.496 e. The molecule has 0 heterocycles. The summed E-state index contributed by atoms with van der Waals surface area (Å²) in [6.07, 6.45) is 0. The van der Waals surface area contributed by atoms with Gasteiger partial charge in [-0.15, -0.1) is 0 Å². The van der Waals surface area contributed by atoms with Crippen molar-refractivity contribution in [2.45, 2.75) is 31.7 Å². The van der Waals surface area contributed by atoms with E-state index in [4.69, 9.17) is 9.47 Å².